The van der Waals surface area contributed by atoms with E-state index in [4.69, 9.17) is 24.9 Å². The summed E-state index contributed by atoms with van der Waals surface area (Å²) in [7, 11) is 4.88. The van der Waals surface area contributed by atoms with Crippen molar-refractivity contribution in [2.24, 2.45) is 11.1 Å². The van der Waals surface area contributed by atoms with Gasteiger partial charge in [-0.05, 0) is 57.7 Å². The zero-order valence-corrected chi connectivity index (χ0v) is 33.1. The van der Waals surface area contributed by atoms with Crippen molar-refractivity contribution in [3.8, 4) is 11.3 Å². The Hall–Kier alpha value is -4.24. The van der Waals surface area contributed by atoms with Crippen LogP contribution in [0.2, 0.25) is 0 Å². The molecule has 4 atom stereocenters. The molecule has 0 unspecified atom stereocenters. The predicted molar refractivity (Wildman–Crippen MR) is 208 cm³/mol. The third-order valence-electron chi connectivity index (χ3n) is 10.3. The highest BCUT2D eigenvalue weighted by molar-refractivity contribution is 7.10. The first-order valence-corrected chi connectivity index (χ1v) is 19.1. The Balaban J connectivity index is 1.65. The van der Waals surface area contributed by atoms with Gasteiger partial charge in [0.2, 0.25) is 0 Å². The monoisotopic (exact) mass is 749 g/mol. The Morgan fingerprint density at radius 3 is 2.74 bits per heavy atom. The molecule has 2 aromatic heterocycles. The van der Waals surface area contributed by atoms with Crippen molar-refractivity contribution in [2.75, 3.05) is 41.0 Å². The molecule has 6 bridgehead atoms. The highest BCUT2D eigenvalue weighted by Crippen LogP contribution is 2.39. The molecule has 4 heterocycles. The number of nitrogens with zero attached hydrogens (tertiary/aromatic N) is 4. The quantitative estimate of drug-likeness (QED) is 0.205. The summed E-state index contributed by atoms with van der Waals surface area (Å²) in [6, 6.07) is 4.00. The maximum Gasteiger partial charge on any atom is 0.324 e. The number of benzene rings is 1. The molecule has 1 saturated heterocycles. The summed E-state index contributed by atoms with van der Waals surface area (Å²) in [5.74, 6) is -0.784. The number of allylic oxidation sites excluding steroid dienone is 2. The fourth-order valence-corrected chi connectivity index (χ4v) is 7.86. The number of urea groups is 1. The van der Waals surface area contributed by atoms with Gasteiger partial charge in [0, 0.05) is 79.3 Å². The number of carbonyl (C=O) groups is 3. The highest BCUT2D eigenvalue weighted by Gasteiger charge is 2.36. The number of amides is 3. The SMILES string of the molecule is C=C/C(=C(\N)[C@H](C)OC)c1c2c3cc(ccc3n1CC)-c1csc(n1)C[C@H](NC(=O)N(C)[C@@H](C)COC)C(=O)N1CCC[C@H](N1)C(=O)OCC(C)(C)C2. The minimum Gasteiger partial charge on any atom is -0.464 e. The van der Waals surface area contributed by atoms with Crippen LogP contribution in [0.25, 0.3) is 27.7 Å². The molecule has 1 fully saturated rings. The normalized spacial score (nSPS) is 20.9. The number of aromatic nitrogens is 2. The lowest BCUT2D eigenvalue weighted by atomic mass is 9.84. The standard InChI is InChI=1S/C39H55N7O6S/c1-10-26(34(40)24(4)51-9)35-28-19-39(5,6)22-52-37(48)29-13-12-16-46(43-29)36(47)30(42-38(49)44(7)23(3)20-50-8)18-33-41-31(21-53-33)25-14-15-32(27(28)17-25)45(35)11-2/h10,14-15,17,21,23-24,29-30,43H,1,11-13,16,18-20,22,40H2,2-9H3,(H,42,49)/b34-26+/t23-,24-,29-,30-/m0/s1. The summed E-state index contributed by atoms with van der Waals surface area (Å²) in [5, 5.41) is 8.08. The minimum atomic E-state index is -0.946. The van der Waals surface area contributed by atoms with Crippen LogP contribution in [0.5, 0.6) is 0 Å². The second-order valence-electron chi connectivity index (χ2n) is 14.8. The molecular weight excluding hydrogens is 695 g/mol. The molecule has 1 aromatic carbocycles. The number of nitrogens with one attached hydrogen (secondary N) is 2. The van der Waals surface area contributed by atoms with E-state index >= 15 is 0 Å². The molecule has 0 spiro atoms. The van der Waals surface area contributed by atoms with Crippen molar-refractivity contribution >= 4 is 45.7 Å². The van der Waals surface area contributed by atoms with E-state index in [1.165, 1.54) is 21.2 Å². The number of carbonyl (C=O) groups excluding carboxylic acids is 3. The molecule has 4 N–H and O–H groups in total. The first-order valence-electron chi connectivity index (χ1n) is 18.2. The van der Waals surface area contributed by atoms with Crippen LogP contribution >= 0.6 is 11.3 Å². The average Bonchev–Trinajstić information content (AvgIpc) is 3.74. The number of hydrogen-bond acceptors (Lipinski definition) is 10. The number of ether oxygens (including phenoxy) is 3. The molecule has 5 rings (SSSR count). The van der Waals surface area contributed by atoms with E-state index in [1.54, 1.807) is 27.3 Å². The summed E-state index contributed by atoms with van der Waals surface area (Å²) in [5.41, 5.74) is 15.5. The van der Waals surface area contributed by atoms with Crippen molar-refractivity contribution < 1.29 is 28.6 Å². The highest BCUT2D eigenvalue weighted by atomic mass is 32.1. The Bertz CT molecular complexity index is 1870. The number of esters is 1. The van der Waals surface area contributed by atoms with Gasteiger partial charge in [-0.2, -0.15) is 0 Å². The molecule has 13 nitrogen and oxygen atoms in total. The molecule has 288 valence electrons. The molecule has 3 aromatic rings. The van der Waals surface area contributed by atoms with Gasteiger partial charge in [-0.3, -0.25) is 14.6 Å². The van der Waals surface area contributed by atoms with Gasteiger partial charge in [-0.25, -0.2) is 15.2 Å². The number of fused-ring (bicyclic) bond motifs is 6. The van der Waals surface area contributed by atoms with Crippen molar-refractivity contribution in [1.82, 2.24) is 30.2 Å². The van der Waals surface area contributed by atoms with E-state index in [9.17, 15) is 14.4 Å². The second kappa shape index (κ2) is 16.8. The Labute approximate surface area is 316 Å². The number of thiazole rings is 1. The molecule has 14 heteroatoms. The Kier molecular flexibility index (Phi) is 12.7. The van der Waals surface area contributed by atoms with Gasteiger partial charge < -0.3 is 34.7 Å². The van der Waals surface area contributed by atoms with E-state index < -0.39 is 29.5 Å². The van der Waals surface area contributed by atoms with Gasteiger partial charge in [-0.1, -0.05) is 32.6 Å². The topological polar surface area (TPSA) is 153 Å². The van der Waals surface area contributed by atoms with Crippen molar-refractivity contribution in [1.29, 1.82) is 0 Å². The summed E-state index contributed by atoms with van der Waals surface area (Å²) in [6.07, 6.45) is 3.28. The van der Waals surface area contributed by atoms with Crippen LogP contribution in [0.3, 0.4) is 0 Å². The number of rotatable bonds is 9. The first kappa shape index (κ1) is 40.0. The molecule has 0 aliphatic carbocycles. The fraction of sp³-hybridized carbons (Fsp3) is 0.538. The van der Waals surface area contributed by atoms with E-state index in [-0.39, 0.29) is 31.1 Å². The van der Waals surface area contributed by atoms with Crippen LogP contribution in [0, 0.1) is 5.41 Å². The molecule has 0 saturated carbocycles. The van der Waals surface area contributed by atoms with Crippen LogP contribution in [0.1, 0.15) is 63.7 Å². The summed E-state index contributed by atoms with van der Waals surface area (Å²) in [4.78, 5) is 47.7. The molecule has 2 aliphatic heterocycles. The van der Waals surface area contributed by atoms with E-state index in [1.807, 2.05) is 19.2 Å². The zero-order valence-electron chi connectivity index (χ0n) is 32.3. The van der Waals surface area contributed by atoms with Crippen molar-refractivity contribution in [2.45, 2.75) is 91.1 Å². The fourth-order valence-electron chi connectivity index (χ4n) is 7.01. The number of hydrogen-bond donors (Lipinski definition) is 3. The van der Waals surface area contributed by atoms with Gasteiger partial charge in [0.1, 0.15) is 12.1 Å². The average molecular weight is 750 g/mol. The van der Waals surface area contributed by atoms with Crippen molar-refractivity contribution in [3.05, 3.63) is 58.2 Å². The van der Waals surface area contributed by atoms with Gasteiger partial charge in [0.25, 0.3) is 5.91 Å². The lowest BCUT2D eigenvalue weighted by molar-refractivity contribution is -0.155. The van der Waals surface area contributed by atoms with Crippen molar-refractivity contribution in [3.63, 3.8) is 0 Å². The number of aryl methyl sites for hydroxylation is 1. The minimum absolute atomic E-state index is 0.146. The number of likely N-dealkylation sites (N-methyl/N-ethyl adjacent to an activating group) is 1. The first-order chi connectivity index (χ1) is 25.2. The third-order valence-corrected chi connectivity index (χ3v) is 11.1. The molecule has 53 heavy (non-hydrogen) atoms. The van der Waals surface area contributed by atoms with Crippen LogP contribution in [-0.2, 0) is 43.2 Å². The van der Waals surface area contributed by atoms with Gasteiger partial charge >= 0.3 is 12.0 Å². The van der Waals surface area contributed by atoms with Gasteiger partial charge in [-0.15, -0.1) is 11.3 Å². The number of methoxy groups -OCH3 is 2. The van der Waals surface area contributed by atoms with Crippen LogP contribution in [-0.4, -0.2) is 103 Å². The Morgan fingerprint density at radius 1 is 1.30 bits per heavy atom. The van der Waals surface area contributed by atoms with E-state index in [2.05, 4.69) is 60.9 Å². The summed E-state index contributed by atoms with van der Waals surface area (Å²) < 4.78 is 19.1. The zero-order chi connectivity index (χ0) is 38.6. The van der Waals surface area contributed by atoms with Crippen LogP contribution < -0.4 is 16.5 Å². The summed E-state index contributed by atoms with van der Waals surface area (Å²) >= 11 is 1.44. The largest absolute Gasteiger partial charge is 0.464 e. The smallest absolute Gasteiger partial charge is 0.324 e. The number of nitrogens with two attached hydrogens (primary N) is 1. The molecule has 0 radical (unpaired) electrons. The lowest BCUT2D eigenvalue weighted by Gasteiger charge is -2.36. The van der Waals surface area contributed by atoms with E-state index in [0.717, 1.165) is 39.0 Å². The van der Waals surface area contributed by atoms with E-state index in [0.29, 0.717) is 49.7 Å². The lowest BCUT2D eigenvalue weighted by Crippen LogP contribution is -2.61. The maximum absolute atomic E-state index is 14.1. The molecule has 2 aliphatic rings. The molecular formula is C39H55N7O6S. The third kappa shape index (κ3) is 8.61. The van der Waals surface area contributed by atoms with Gasteiger partial charge in [0.05, 0.1) is 41.8 Å². The Morgan fingerprint density at radius 2 is 2.06 bits per heavy atom. The second-order valence-corrected chi connectivity index (χ2v) is 15.7. The molecule has 3 amide bonds. The summed E-state index contributed by atoms with van der Waals surface area (Å²) in [6.45, 7) is 15.7. The van der Waals surface area contributed by atoms with Gasteiger partial charge in [0.15, 0.2) is 0 Å². The predicted octanol–water partition coefficient (Wildman–Crippen LogP) is 4.88. The maximum atomic E-state index is 14.1. The number of cyclic esters (lactones) is 1. The van der Waals surface area contributed by atoms with Crippen LogP contribution in [0.15, 0.2) is 41.9 Å². The number of hydrazine groups is 1. The van der Waals surface area contributed by atoms with Crippen LogP contribution in [0.4, 0.5) is 4.79 Å².